The number of carboxylic acids is 1. The van der Waals surface area contributed by atoms with E-state index in [0.29, 0.717) is 0 Å². The Balaban J connectivity index is 3.55. The van der Waals surface area contributed by atoms with Crippen LogP contribution in [0.1, 0.15) is 6.42 Å². The molecule has 0 rings (SSSR count). The molecule has 1 unspecified atom stereocenters. The normalized spacial score (nSPS) is 11.3. The molecule has 0 saturated carbocycles. The smallest absolute Gasteiger partial charge is 0.332 e. The largest absolute Gasteiger partial charge is 0.479 e. The maximum Gasteiger partial charge on any atom is 0.332 e. The fraction of sp³-hybridized carbons (Fsp3) is 0.700. The molecule has 0 saturated heterocycles. The summed E-state index contributed by atoms with van der Waals surface area (Å²) in [4.78, 5) is 34.0. The molecule has 5 N–H and O–H groups in total. The molecule has 0 aliphatic carbocycles. The Bertz CT molecular complexity index is 321. The standard InChI is InChI=1S/C10H20N4O5/c1-14(2)10(19)13-6-5-12-9(18)11-4-3-7(15)8(16)17/h7,15H,3-6H2,1-2H3,(H,13,19)(H,16,17)(H2,11,12,18). The summed E-state index contributed by atoms with van der Waals surface area (Å²) in [6.07, 6.45) is -1.56. The highest BCUT2D eigenvalue weighted by molar-refractivity contribution is 5.75. The molecule has 9 heteroatoms. The summed E-state index contributed by atoms with van der Waals surface area (Å²) in [5.74, 6) is -1.33. The van der Waals surface area contributed by atoms with Crippen LogP contribution in [-0.4, -0.2) is 73.0 Å². The highest BCUT2D eigenvalue weighted by Crippen LogP contribution is 1.88. The summed E-state index contributed by atoms with van der Waals surface area (Å²) < 4.78 is 0. The molecular weight excluding hydrogens is 256 g/mol. The number of nitrogens with one attached hydrogen (secondary N) is 3. The number of hydrogen-bond donors (Lipinski definition) is 5. The van der Waals surface area contributed by atoms with Crippen molar-refractivity contribution in [3.63, 3.8) is 0 Å². The zero-order chi connectivity index (χ0) is 14.8. The van der Waals surface area contributed by atoms with E-state index in [1.165, 1.54) is 4.90 Å². The Hall–Kier alpha value is -2.03. The quantitative estimate of drug-likeness (QED) is 0.357. The van der Waals surface area contributed by atoms with Gasteiger partial charge in [-0.25, -0.2) is 14.4 Å². The third-order valence-electron chi connectivity index (χ3n) is 2.08. The molecule has 1 atom stereocenters. The lowest BCUT2D eigenvalue weighted by Crippen LogP contribution is -2.43. The number of amides is 4. The second kappa shape index (κ2) is 8.97. The van der Waals surface area contributed by atoms with Crippen LogP contribution in [0.5, 0.6) is 0 Å². The average Bonchev–Trinajstić information content (AvgIpc) is 2.33. The topological polar surface area (TPSA) is 131 Å². The van der Waals surface area contributed by atoms with Gasteiger partial charge in [-0.1, -0.05) is 0 Å². The average molecular weight is 276 g/mol. The van der Waals surface area contributed by atoms with Crippen molar-refractivity contribution >= 4 is 18.0 Å². The predicted molar refractivity (Wildman–Crippen MR) is 66.7 cm³/mol. The van der Waals surface area contributed by atoms with Crippen LogP contribution in [-0.2, 0) is 4.79 Å². The summed E-state index contributed by atoms with van der Waals surface area (Å²) in [5, 5.41) is 24.7. The monoisotopic (exact) mass is 276 g/mol. The zero-order valence-electron chi connectivity index (χ0n) is 11.0. The van der Waals surface area contributed by atoms with Gasteiger partial charge in [0.15, 0.2) is 6.10 Å². The van der Waals surface area contributed by atoms with Crippen molar-refractivity contribution in [2.75, 3.05) is 33.7 Å². The van der Waals surface area contributed by atoms with Crippen LogP contribution in [0.4, 0.5) is 9.59 Å². The number of aliphatic carboxylic acids is 1. The summed E-state index contributed by atoms with van der Waals surface area (Å²) >= 11 is 0. The van der Waals surface area contributed by atoms with E-state index in [2.05, 4.69) is 16.0 Å². The molecule has 19 heavy (non-hydrogen) atoms. The fourth-order valence-corrected chi connectivity index (χ4v) is 1.01. The first-order valence-electron chi connectivity index (χ1n) is 5.72. The number of rotatable bonds is 7. The van der Waals surface area contributed by atoms with Crippen LogP contribution in [0.15, 0.2) is 0 Å². The van der Waals surface area contributed by atoms with Gasteiger partial charge < -0.3 is 31.1 Å². The first-order valence-corrected chi connectivity index (χ1v) is 5.72. The van der Waals surface area contributed by atoms with Crippen molar-refractivity contribution < 1.29 is 24.6 Å². The Morgan fingerprint density at radius 1 is 1.05 bits per heavy atom. The third-order valence-corrected chi connectivity index (χ3v) is 2.08. The molecule has 0 spiro atoms. The van der Waals surface area contributed by atoms with E-state index >= 15 is 0 Å². The minimum atomic E-state index is -1.49. The predicted octanol–water partition coefficient (Wildman–Crippen LogP) is -1.61. The Kier molecular flexibility index (Phi) is 8.02. The lowest BCUT2D eigenvalue weighted by molar-refractivity contribution is -0.146. The maximum atomic E-state index is 11.2. The van der Waals surface area contributed by atoms with Gasteiger partial charge in [0.1, 0.15) is 0 Å². The van der Waals surface area contributed by atoms with Gasteiger partial charge in [-0.05, 0) is 0 Å². The van der Waals surface area contributed by atoms with E-state index in [-0.39, 0.29) is 32.1 Å². The number of urea groups is 2. The van der Waals surface area contributed by atoms with Crippen molar-refractivity contribution in [2.24, 2.45) is 0 Å². The summed E-state index contributed by atoms with van der Waals surface area (Å²) in [6, 6.07) is -0.747. The van der Waals surface area contributed by atoms with Crippen LogP contribution in [0.25, 0.3) is 0 Å². The summed E-state index contributed by atoms with van der Waals surface area (Å²) in [6.45, 7) is 0.568. The van der Waals surface area contributed by atoms with Crippen molar-refractivity contribution in [1.82, 2.24) is 20.9 Å². The molecule has 9 nitrogen and oxygen atoms in total. The van der Waals surface area contributed by atoms with Gasteiger partial charge in [0.2, 0.25) is 0 Å². The highest BCUT2D eigenvalue weighted by Gasteiger charge is 2.12. The number of carboxylic acid groups (broad SMARTS) is 1. The van der Waals surface area contributed by atoms with E-state index in [0.717, 1.165) is 0 Å². The molecular formula is C10H20N4O5. The van der Waals surface area contributed by atoms with Crippen molar-refractivity contribution in [3.8, 4) is 0 Å². The van der Waals surface area contributed by atoms with Gasteiger partial charge in [-0.2, -0.15) is 0 Å². The van der Waals surface area contributed by atoms with E-state index in [1.807, 2.05) is 0 Å². The number of aliphatic hydroxyl groups excluding tert-OH is 1. The number of hydrogen-bond acceptors (Lipinski definition) is 4. The molecule has 0 bridgehead atoms. The van der Waals surface area contributed by atoms with Crippen LogP contribution in [0.3, 0.4) is 0 Å². The number of aliphatic hydroxyl groups is 1. The Labute approximate surface area is 111 Å². The minimum absolute atomic E-state index is 0.0450. The maximum absolute atomic E-state index is 11.2. The molecule has 0 aliphatic heterocycles. The van der Waals surface area contributed by atoms with Crippen molar-refractivity contribution in [2.45, 2.75) is 12.5 Å². The summed E-state index contributed by atoms with van der Waals surface area (Å²) in [7, 11) is 3.20. The minimum Gasteiger partial charge on any atom is -0.479 e. The van der Waals surface area contributed by atoms with Crippen LogP contribution in [0, 0.1) is 0 Å². The lowest BCUT2D eigenvalue weighted by Gasteiger charge is -2.12. The number of carbonyl (C=O) groups excluding carboxylic acids is 2. The van der Waals surface area contributed by atoms with Crippen molar-refractivity contribution in [3.05, 3.63) is 0 Å². The first kappa shape index (κ1) is 17.0. The summed E-state index contributed by atoms with van der Waals surface area (Å²) in [5.41, 5.74) is 0. The van der Waals surface area contributed by atoms with Gasteiger partial charge in [-0.15, -0.1) is 0 Å². The molecule has 0 radical (unpaired) electrons. The number of nitrogens with zero attached hydrogens (tertiary/aromatic N) is 1. The molecule has 4 amide bonds. The third kappa shape index (κ3) is 8.66. The van der Waals surface area contributed by atoms with E-state index in [9.17, 15) is 14.4 Å². The lowest BCUT2D eigenvalue weighted by atomic mass is 10.2. The van der Waals surface area contributed by atoms with Gasteiger partial charge in [0.05, 0.1) is 0 Å². The zero-order valence-corrected chi connectivity index (χ0v) is 11.0. The van der Waals surface area contributed by atoms with Gasteiger partial charge >= 0.3 is 18.0 Å². The number of carbonyl (C=O) groups is 3. The molecule has 0 aliphatic rings. The molecule has 0 aromatic heterocycles. The SMILES string of the molecule is CN(C)C(=O)NCCNC(=O)NCCC(O)C(=O)O. The Morgan fingerprint density at radius 2 is 1.58 bits per heavy atom. The van der Waals surface area contributed by atoms with Gasteiger partial charge in [0, 0.05) is 40.2 Å². The second-order valence-electron chi connectivity index (χ2n) is 3.95. The van der Waals surface area contributed by atoms with Gasteiger partial charge in [0.25, 0.3) is 0 Å². The molecule has 0 aromatic rings. The van der Waals surface area contributed by atoms with Crippen LogP contribution in [0.2, 0.25) is 0 Å². The molecule has 0 aromatic carbocycles. The second-order valence-corrected chi connectivity index (χ2v) is 3.95. The molecule has 0 fully saturated rings. The Morgan fingerprint density at radius 3 is 2.11 bits per heavy atom. The first-order chi connectivity index (χ1) is 8.84. The van der Waals surface area contributed by atoms with Crippen LogP contribution < -0.4 is 16.0 Å². The fourth-order valence-electron chi connectivity index (χ4n) is 1.01. The van der Waals surface area contributed by atoms with E-state index in [4.69, 9.17) is 10.2 Å². The van der Waals surface area contributed by atoms with E-state index < -0.39 is 18.1 Å². The molecule has 0 heterocycles. The van der Waals surface area contributed by atoms with Crippen LogP contribution >= 0.6 is 0 Å². The van der Waals surface area contributed by atoms with Gasteiger partial charge in [-0.3, -0.25) is 0 Å². The highest BCUT2D eigenvalue weighted by atomic mass is 16.4. The van der Waals surface area contributed by atoms with E-state index in [1.54, 1.807) is 14.1 Å². The van der Waals surface area contributed by atoms with Crippen molar-refractivity contribution in [1.29, 1.82) is 0 Å². The molecule has 110 valence electrons.